The van der Waals surface area contributed by atoms with E-state index in [1.54, 1.807) is 24.5 Å². The van der Waals surface area contributed by atoms with Crippen molar-refractivity contribution < 1.29 is 8.78 Å². The molecule has 1 aliphatic carbocycles. The first kappa shape index (κ1) is 20.8. The third-order valence-corrected chi connectivity index (χ3v) is 6.58. The SMILES string of the molecule is Nc1ncc(-c2cnn(C3CCNCC3)c2)cc1-c1nnnn1-c1ccc(C2CC2)c(F)c1F. The molecule has 1 saturated carbocycles. The van der Waals surface area contributed by atoms with Crippen LogP contribution in [0.4, 0.5) is 14.6 Å². The summed E-state index contributed by atoms with van der Waals surface area (Å²) in [6.45, 7) is 1.93. The molecule has 1 aliphatic heterocycles. The van der Waals surface area contributed by atoms with Gasteiger partial charge in [-0.25, -0.2) is 13.8 Å². The van der Waals surface area contributed by atoms with Crippen LogP contribution in [-0.2, 0) is 0 Å². The molecular formula is C23H23F2N9. The molecule has 0 amide bonds. The standard InChI is InChI=1S/C23H23F2N9/c24-20-17(13-1-2-13)3-4-19(21(20)25)34-23(30-31-32-34)18-9-14(10-28-22(18)26)15-11-29-33(12-15)16-5-7-27-8-6-16/h3-4,9-13,16,27H,1-2,5-8H2,(H2,26,28). The number of aromatic nitrogens is 7. The third-order valence-electron chi connectivity index (χ3n) is 6.58. The Morgan fingerprint density at radius 3 is 2.62 bits per heavy atom. The molecule has 2 fully saturated rings. The normalized spacial score (nSPS) is 16.8. The Kier molecular flexibility index (Phi) is 5.05. The van der Waals surface area contributed by atoms with Gasteiger partial charge in [-0.15, -0.1) is 5.10 Å². The van der Waals surface area contributed by atoms with Gasteiger partial charge in [0.2, 0.25) is 0 Å². The number of hydrogen-bond donors (Lipinski definition) is 2. The van der Waals surface area contributed by atoms with Gasteiger partial charge in [0.25, 0.3) is 0 Å². The van der Waals surface area contributed by atoms with E-state index in [2.05, 4.69) is 30.9 Å². The number of anilines is 1. The lowest BCUT2D eigenvalue weighted by Crippen LogP contribution is -2.29. The van der Waals surface area contributed by atoms with Gasteiger partial charge < -0.3 is 11.1 Å². The Bertz CT molecular complexity index is 1350. The smallest absolute Gasteiger partial charge is 0.190 e. The van der Waals surface area contributed by atoms with Gasteiger partial charge in [-0.3, -0.25) is 4.68 Å². The lowest BCUT2D eigenvalue weighted by Gasteiger charge is -2.22. The second kappa shape index (κ2) is 8.24. The molecule has 4 heterocycles. The molecule has 0 bridgehead atoms. The molecule has 0 atom stereocenters. The van der Waals surface area contributed by atoms with Gasteiger partial charge in [0.1, 0.15) is 11.5 Å². The van der Waals surface area contributed by atoms with Gasteiger partial charge in [-0.2, -0.15) is 9.78 Å². The summed E-state index contributed by atoms with van der Waals surface area (Å²) < 4.78 is 32.8. The zero-order chi connectivity index (χ0) is 23.2. The zero-order valence-electron chi connectivity index (χ0n) is 18.3. The lowest BCUT2D eigenvalue weighted by atomic mass is 10.1. The van der Waals surface area contributed by atoms with E-state index in [1.807, 2.05) is 10.9 Å². The van der Waals surface area contributed by atoms with E-state index in [1.165, 1.54) is 6.07 Å². The highest BCUT2D eigenvalue weighted by atomic mass is 19.2. The molecule has 4 aromatic rings. The van der Waals surface area contributed by atoms with Gasteiger partial charge in [-0.05, 0) is 72.8 Å². The molecule has 3 N–H and O–H groups in total. The second-order valence-electron chi connectivity index (χ2n) is 8.84. The highest BCUT2D eigenvalue weighted by Crippen LogP contribution is 2.42. The first-order valence-electron chi connectivity index (χ1n) is 11.4. The molecule has 6 rings (SSSR count). The summed E-state index contributed by atoms with van der Waals surface area (Å²) in [7, 11) is 0. The summed E-state index contributed by atoms with van der Waals surface area (Å²) in [6, 6.07) is 5.24. The van der Waals surface area contributed by atoms with Crippen molar-refractivity contribution in [2.45, 2.75) is 37.6 Å². The quantitative estimate of drug-likeness (QED) is 0.467. The summed E-state index contributed by atoms with van der Waals surface area (Å²) in [4.78, 5) is 4.31. The highest BCUT2D eigenvalue weighted by molar-refractivity contribution is 5.76. The van der Waals surface area contributed by atoms with Crippen molar-refractivity contribution in [3.8, 4) is 28.2 Å². The van der Waals surface area contributed by atoms with Crippen LogP contribution >= 0.6 is 0 Å². The van der Waals surface area contributed by atoms with Crippen molar-refractivity contribution in [1.82, 2.24) is 40.3 Å². The van der Waals surface area contributed by atoms with Gasteiger partial charge in [0.15, 0.2) is 17.5 Å². The van der Waals surface area contributed by atoms with Crippen LogP contribution in [0.15, 0.2) is 36.8 Å². The molecule has 34 heavy (non-hydrogen) atoms. The van der Waals surface area contributed by atoms with Gasteiger partial charge in [0.05, 0.1) is 17.8 Å². The molecule has 0 radical (unpaired) electrons. The summed E-state index contributed by atoms with van der Waals surface area (Å²) in [5.74, 6) is -1.40. The molecule has 0 unspecified atom stereocenters. The average Bonchev–Trinajstić information content (AvgIpc) is 3.38. The van der Waals surface area contributed by atoms with E-state index in [4.69, 9.17) is 5.73 Å². The van der Waals surface area contributed by atoms with Crippen molar-refractivity contribution in [2.75, 3.05) is 18.8 Å². The van der Waals surface area contributed by atoms with Crippen LogP contribution in [0.2, 0.25) is 0 Å². The molecule has 174 valence electrons. The number of nitrogens with zero attached hydrogens (tertiary/aromatic N) is 7. The highest BCUT2D eigenvalue weighted by Gasteiger charge is 2.30. The van der Waals surface area contributed by atoms with Crippen molar-refractivity contribution in [2.24, 2.45) is 0 Å². The number of nitrogens with two attached hydrogens (primary N) is 1. The maximum absolute atomic E-state index is 15.0. The van der Waals surface area contributed by atoms with Crippen molar-refractivity contribution in [3.05, 3.63) is 54.0 Å². The Morgan fingerprint density at radius 1 is 1.00 bits per heavy atom. The van der Waals surface area contributed by atoms with Crippen molar-refractivity contribution in [3.63, 3.8) is 0 Å². The van der Waals surface area contributed by atoms with Crippen LogP contribution < -0.4 is 11.1 Å². The number of nitrogens with one attached hydrogen (secondary N) is 1. The number of tetrazole rings is 1. The van der Waals surface area contributed by atoms with E-state index < -0.39 is 11.6 Å². The first-order chi connectivity index (χ1) is 16.6. The van der Waals surface area contributed by atoms with Crippen LogP contribution in [0, 0.1) is 11.6 Å². The summed E-state index contributed by atoms with van der Waals surface area (Å²) >= 11 is 0. The maximum atomic E-state index is 15.0. The lowest BCUT2D eigenvalue weighted by molar-refractivity contribution is 0.343. The van der Waals surface area contributed by atoms with Crippen molar-refractivity contribution in [1.29, 1.82) is 0 Å². The Balaban J connectivity index is 1.37. The van der Waals surface area contributed by atoms with Crippen LogP contribution in [0.25, 0.3) is 28.2 Å². The van der Waals surface area contributed by atoms with Gasteiger partial charge in [0, 0.05) is 23.5 Å². The minimum atomic E-state index is -0.983. The fourth-order valence-electron chi connectivity index (χ4n) is 4.52. The van der Waals surface area contributed by atoms with E-state index in [-0.39, 0.29) is 23.2 Å². The Morgan fingerprint density at radius 2 is 1.82 bits per heavy atom. The first-order valence-corrected chi connectivity index (χ1v) is 11.4. The van der Waals surface area contributed by atoms with Gasteiger partial charge in [-0.1, -0.05) is 6.07 Å². The number of halogens is 2. The predicted octanol–water partition coefficient (Wildman–Crippen LogP) is 3.25. The maximum Gasteiger partial charge on any atom is 0.190 e. The number of benzene rings is 1. The van der Waals surface area contributed by atoms with Crippen LogP contribution in [0.3, 0.4) is 0 Å². The van der Waals surface area contributed by atoms with E-state index in [0.29, 0.717) is 17.2 Å². The summed E-state index contributed by atoms with van der Waals surface area (Å²) in [5.41, 5.74) is 8.53. The molecule has 3 aromatic heterocycles. The van der Waals surface area contributed by atoms with E-state index in [9.17, 15) is 8.78 Å². The summed E-state index contributed by atoms with van der Waals surface area (Å²) in [6.07, 6.45) is 9.20. The second-order valence-corrected chi connectivity index (χ2v) is 8.84. The topological polar surface area (TPSA) is 112 Å². The largest absolute Gasteiger partial charge is 0.383 e. The van der Waals surface area contributed by atoms with Crippen LogP contribution in [0.1, 0.15) is 43.2 Å². The van der Waals surface area contributed by atoms with E-state index in [0.717, 1.165) is 54.6 Å². The third kappa shape index (κ3) is 3.61. The number of rotatable bonds is 5. The number of hydrogen-bond acceptors (Lipinski definition) is 7. The minimum Gasteiger partial charge on any atom is -0.383 e. The molecule has 1 aromatic carbocycles. The fraction of sp³-hybridized carbons (Fsp3) is 0.348. The fourth-order valence-corrected chi connectivity index (χ4v) is 4.52. The van der Waals surface area contributed by atoms with E-state index >= 15 is 0 Å². The predicted molar refractivity (Wildman–Crippen MR) is 121 cm³/mol. The molecular weight excluding hydrogens is 440 g/mol. The molecule has 1 saturated heterocycles. The van der Waals surface area contributed by atoms with Crippen molar-refractivity contribution >= 4 is 5.82 Å². The molecule has 0 spiro atoms. The van der Waals surface area contributed by atoms with Gasteiger partial charge >= 0.3 is 0 Å². The minimum absolute atomic E-state index is 0.0783. The van der Waals surface area contributed by atoms with Crippen LogP contribution in [-0.4, -0.2) is 48.1 Å². The number of pyridine rings is 1. The Labute approximate surface area is 194 Å². The molecule has 11 heteroatoms. The zero-order valence-corrected chi connectivity index (χ0v) is 18.3. The Hall–Kier alpha value is -3.73. The molecule has 2 aliphatic rings. The molecule has 9 nitrogen and oxygen atoms in total. The number of piperidine rings is 1. The average molecular weight is 463 g/mol. The van der Waals surface area contributed by atoms with Crippen LogP contribution in [0.5, 0.6) is 0 Å². The summed E-state index contributed by atoms with van der Waals surface area (Å²) in [5, 5.41) is 19.5. The monoisotopic (exact) mass is 463 g/mol. The number of nitrogen functional groups attached to an aromatic ring is 1.